The van der Waals surface area contributed by atoms with Crippen LogP contribution in [0.15, 0.2) is 191 Å². The molecule has 0 aliphatic carbocycles. The number of aromatic nitrogens is 4. The molecule has 0 atom stereocenters. The molecule has 4 heterocycles. The van der Waals surface area contributed by atoms with Crippen LogP contribution in [0.3, 0.4) is 0 Å². The molecule has 6 heteroatoms. The van der Waals surface area contributed by atoms with Crippen LogP contribution in [-0.2, 0) is 0 Å². The number of benzene rings is 8. The molecule has 8 aromatic carbocycles. The Morgan fingerprint density at radius 1 is 0.333 bits per heavy atom. The molecule has 0 aliphatic heterocycles. The van der Waals surface area contributed by atoms with Gasteiger partial charge in [0, 0.05) is 60.8 Å². The van der Waals surface area contributed by atoms with Crippen LogP contribution in [0.5, 0.6) is 0 Å². The van der Waals surface area contributed by atoms with E-state index in [1.54, 1.807) is 0 Å². The topological polar surface area (TPSA) is 69.9 Å². The van der Waals surface area contributed by atoms with E-state index in [-0.39, 0.29) is 0 Å². The van der Waals surface area contributed by atoms with Crippen LogP contribution in [0.2, 0.25) is 0 Å². The van der Waals surface area contributed by atoms with Gasteiger partial charge in [0.25, 0.3) is 0 Å². The molecular weight excluding hydrogens is 701 g/mol. The van der Waals surface area contributed by atoms with Crippen LogP contribution >= 0.6 is 0 Å². The standard InChI is InChI=1S/C51H30N4O2/c1-4-14-31(15-5-1)34-26-41(51-53-49(32-16-6-2-7-17-32)52-50(54-51)33-18-8-3-9-19-33)48-38-25-24-35(28-45(38)57-47(48)27-34)55-42-22-12-10-20-36(42)39-30-46-40(29-43(39)55)37-21-11-13-23-44(37)56-46/h1-30H. The Morgan fingerprint density at radius 2 is 0.930 bits per heavy atom. The molecule has 0 aliphatic rings. The van der Waals surface area contributed by atoms with Crippen molar-refractivity contribution in [3.05, 3.63) is 182 Å². The smallest absolute Gasteiger partial charge is 0.164 e. The minimum absolute atomic E-state index is 0.580. The first-order valence-corrected chi connectivity index (χ1v) is 19.0. The van der Waals surface area contributed by atoms with Gasteiger partial charge in [0.2, 0.25) is 0 Å². The predicted octanol–water partition coefficient (Wildman–Crippen LogP) is 13.4. The molecule has 0 saturated carbocycles. The highest BCUT2D eigenvalue weighted by atomic mass is 16.3. The van der Waals surface area contributed by atoms with Gasteiger partial charge in [-0.2, -0.15) is 0 Å². The fraction of sp³-hybridized carbons (Fsp3) is 0. The minimum Gasteiger partial charge on any atom is -0.456 e. The lowest BCUT2D eigenvalue weighted by Gasteiger charge is -2.11. The number of hydrogen-bond acceptors (Lipinski definition) is 5. The Labute approximate surface area is 325 Å². The first kappa shape index (κ1) is 31.5. The van der Waals surface area contributed by atoms with Crippen molar-refractivity contribution in [1.82, 2.24) is 19.5 Å². The van der Waals surface area contributed by atoms with Crippen LogP contribution in [-0.4, -0.2) is 19.5 Å². The molecule has 57 heavy (non-hydrogen) atoms. The average molecular weight is 731 g/mol. The van der Waals surface area contributed by atoms with Crippen LogP contribution in [0.4, 0.5) is 0 Å². The van der Waals surface area contributed by atoms with Gasteiger partial charge in [0.05, 0.1) is 11.0 Å². The summed E-state index contributed by atoms with van der Waals surface area (Å²) in [4.78, 5) is 15.3. The second-order valence-corrected chi connectivity index (χ2v) is 14.4. The predicted molar refractivity (Wildman–Crippen MR) is 230 cm³/mol. The molecule has 6 nitrogen and oxygen atoms in total. The lowest BCUT2D eigenvalue weighted by molar-refractivity contribution is 0.668. The lowest BCUT2D eigenvalue weighted by Crippen LogP contribution is -2.00. The highest BCUT2D eigenvalue weighted by Gasteiger charge is 2.22. The van der Waals surface area contributed by atoms with Crippen molar-refractivity contribution in [3.63, 3.8) is 0 Å². The summed E-state index contributed by atoms with van der Waals surface area (Å²) in [6.07, 6.45) is 0. The van der Waals surface area contributed by atoms with Gasteiger partial charge in [-0.15, -0.1) is 0 Å². The third-order valence-electron chi connectivity index (χ3n) is 11.0. The zero-order valence-corrected chi connectivity index (χ0v) is 30.4. The van der Waals surface area contributed by atoms with E-state index < -0.39 is 0 Å². The Hall–Kier alpha value is -7.83. The first-order chi connectivity index (χ1) is 28.2. The molecule has 0 radical (unpaired) electrons. The summed E-state index contributed by atoms with van der Waals surface area (Å²) in [6, 6.07) is 62.6. The highest BCUT2D eigenvalue weighted by molar-refractivity contribution is 6.18. The molecule has 0 amide bonds. The van der Waals surface area contributed by atoms with Gasteiger partial charge in [-0.3, -0.25) is 0 Å². The zero-order chi connectivity index (χ0) is 37.5. The maximum absolute atomic E-state index is 6.89. The molecule has 266 valence electrons. The largest absolute Gasteiger partial charge is 0.456 e. The minimum atomic E-state index is 0.580. The summed E-state index contributed by atoms with van der Waals surface area (Å²) in [7, 11) is 0. The summed E-state index contributed by atoms with van der Waals surface area (Å²) in [5.41, 5.74) is 11.3. The fourth-order valence-corrected chi connectivity index (χ4v) is 8.40. The number of fused-ring (bicyclic) bond motifs is 9. The molecule has 0 bridgehead atoms. The van der Waals surface area contributed by atoms with Crippen LogP contribution in [0.25, 0.3) is 117 Å². The van der Waals surface area contributed by atoms with Crippen LogP contribution in [0, 0.1) is 0 Å². The molecule has 0 fully saturated rings. The third-order valence-corrected chi connectivity index (χ3v) is 11.0. The van der Waals surface area contributed by atoms with E-state index in [1.807, 2.05) is 78.9 Å². The van der Waals surface area contributed by atoms with Crippen molar-refractivity contribution in [2.45, 2.75) is 0 Å². The maximum atomic E-state index is 6.89. The quantitative estimate of drug-likeness (QED) is 0.176. The van der Waals surface area contributed by atoms with E-state index in [9.17, 15) is 0 Å². The Balaban J connectivity index is 1.12. The number of para-hydroxylation sites is 2. The second kappa shape index (κ2) is 12.3. The van der Waals surface area contributed by atoms with Crippen molar-refractivity contribution in [2.75, 3.05) is 0 Å². The molecule has 0 unspecified atom stereocenters. The van der Waals surface area contributed by atoms with Crippen molar-refractivity contribution in [3.8, 4) is 51.0 Å². The molecule has 0 spiro atoms. The van der Waals surface area contributed by atoms with Gasteiger partial charge in [-0.1, -0.05) is 127 Å². The number of hydrogen-bond donors (Lipinski definition) is 0. The maximum Gasteiger partial charge on any atom is 0.164 e. The van der Waals surface area contributed by atoms with E-state index in [1.165, 1.54) is 0 Å². The Morgan fingerprint density at radius 3 is 1.67 bits per heavy atom. The Bertz CT molecular complexity index is 3450. The summed E-state index contributed by atoms with van der Waals surface area (Å²) >= 11 is 0. The lowest BCUT2D eigenvalue weighted by atomic mass is 9.98. The molecule has 12 aromatic rings. The molecule has 0 saturated heterocycles. The monoisotopic (exact) mass is 730 g/mol. The molecular formula is C51H30N4O2. The Kier molecular flexibility index (Phi) is 6.83. The fourth-order valence-electron chi connectivity index (χ4n) is 8.40. The van der Waals surface area contributed by atoms with Gasteiger partial charge in [-0.05, 0) is 59.7 Å². The van der Waals surface area contributed by atoms with Gasteiger partial charge in [-0.25, -0.2) is 15.0 Å². The molecule has 0 N–H and O–H groups in total. The summed E-state index contributed by atoms with van der Waals surface area (Å²) in [5, 5.41) is 6.42. The third kappa shape index (κ3) is 5.01. The molecule has 12 rings (SSSR count). The zero-order valence-electron chi connectivity index (χ0n) is 30.4. The average Bonchev–Trinajstić information content (AvgIpc) is 3.94. The van der Waals surface area contributed by atoms with Gasteiger partial charge in [0.1, 0.15) is 22.3 Å². The van der Waals surface area contributed by atoms with Crippen LogP contribution < -0.4 is 0 Å². The number of nitrogens with zero attached hydrogens (tertiary/aromatic N) is 4. The van der Waals surface area contributed by atoms with E-state index >= 15 is 0 Å². The van der Waals surface area contributed by atoms with Crippen molar-refractivity contribution in [2.24, 2.45) is 0 Å². The molecule has 4 aromatic heterocycles. The van der Waals surface area contributed by atoms with Crippen LogP contribution in [0.1, 0.15) is 0 Å². The summed E-state index contributed by atoms with van der Waals surface area (Å²) < 4.78 is 15.5. The van der Waals surface area contributed by atoms with Gasteiger partial charge < -0.3 is 13.4 Å². The summed E-state index contributed by atoms with van der Waals surface area (Å²) in [5.74, 6) is 1.80. The van der Waals surface area contributed by atoms with E-state index in [4.69, 9.17) is 23.8 Å². The number of rotatable bonds is 5. The second-order valence-electron chi connectivity index (χ2n) is 14.4. The summed E-state index contributed by atoms with van der Waals surface area (Å²) in [6.45, 7) is 0. The number of furan rings is 2. The first-order valence-electron chi connectivity index (χ1n) is 19.0. The van der Waals surface area contributed by atoms with Gasteiger partial charge in [0.15, 0.2) is 17.5 Å². The van der Waals surface area contributed by atoms with Crippen molar-refractivity contribution >= 4 is 65.7 Å². The van der Waals surface area contributed by atoms with Gasteiger partial charge >= 0.3 is 0 Å². The van der Waals surface area contributed by atoms with E-state index in [0.717, 1.165) is 99.2 Å². The van der Waals surface area contributed by atoms with E-state index in [2.05, 4.69) is 108 Å². The highest BCUT2D eigenvalue weighted by Crippen LogP contribution is 2.42. The van der Waals surface area contributed by atoms with Crippen molar-refractivity contribution in [1.29, 1.82) is 0 Å². The van der Waals surface area contributed by atoms with Crippen molar-refractivity contribution < 1.29 is 8.83 Å². The normalized spacial score (nSPS) is 11.9. The SMILES string of the molecule is c1ccc(-c2cc(-c3nc(-c4ccccc4)nc(-c4ccccc4)n3)c3c(c2)oc2cc(-n4c5ccccc5c5cc6oc7ccccc7c6cc54)ccc23)cc1. The van der Waals surface area contributed by atoms with E-state index in [0.29, 0.717) is 17.5 Å².